The Morgan fingerprint density at radius 3 is 2.58 bits per heavy atom. The zero-order valence-corrected chi connectivity index (χ0v) is 15.1. The Kier molecular flexibility index (Phi) is 5.88. The Balaban J connectivity index is 0.00000208. The van der Waals surface area contributed by atoms with Crippen molar-refractivity contribution in [2.24, 2.45) is 11.3 Å². The van der Waals surface area contributed by atoms with Gasteiger partial charge in [0.1, 0.15) is 0 Å². The molecule has 3 rings (SSSR count). The Morgan fingerprint density at radius 2 is 1.92 bits per heavy atom. The van der Waals surface area contributed by atoms with Crippen molar-refractivity contribution in [2.75, 3.05) is 32.5 Å². The number of halogens is 1. The molecule has 0 bridgehead atoms. The molecular weight excluding hydrogens is 326 g/mol. The van der Waals surface area contributed by atoms with Crippen LogP contribution in [0.1, 0.15) is 36.0 Å². The van der Waals surface area contributed by atoms with Crippen molar-refractivity contribution < 1.29 is 9.59 Å². The number of rotatable bonds is 3. The molecule has 5 nitrogen and oxygen atoms in total. The van der Waals surface area contributed by atoms with Crippen molar-refractivity contribution in [3.05, 3.63) is 29.8 Å². The van der Waals surface area contributed by atoms with Crippen LogP contribution in [-0.4, -0.2) is 43.9 Å². The Labute approximate surface area is 149 Å². The number of nitrogens with zero attached hydrogens (tertiary/aromatic N) is 1. The molecule has 1 aliphatic heterocycles. The number of hydrogen-bond donors (Lipinski definition) is 2. The van der Waals surface area contributed by atoms with Gasteiger partial charge < -0.3 is 15.5 Å². The Morgan fingerprint density at radius 1 is 1.21 bits per heavy atom. The summed E-state index contributed by atoms with van der Waals surface area (Å²) in [4.78, 5) is 26.3. The second kappa shape index (κ2) is 7.53. The van der Waals surface area contributed by atoms with Crippen molar-refractivity contribution in [2.45, 2.75) is 25.7 Å². The van der Waals surface area contributed by atoms with E-state index in [1.165, 1.54) is 6.42 Å². The lowest BCUT2D eigenvalue weighted by Crippen LogP contribution is -2.44. The summed E-state index contributed by atoms with van der Waals surface area (Å²) in [6.45, 7) is 1.73. The van der Waals surface area contributed by atoms with Crippen LogP contribution in [0.2, 0.25) is 0 Å². The predicted octanol–water partition coefficient (Wildman–Crippen LogP) is 2.53. The number of fused-ring (bicyclic) bond motifs is 1. The summed E-state index contributed by atoms with van der Waals surface area (Å²) in [7, 11) is 3.46. The number of amides is 2. The third kappa shape index (κ3) is 3.42. The second-order valence-corrected chi connectivity index (χ2v) is 6.96. The molecule has 1 aliphatic carbocycles. The van der Waals surface area contributed by atoms with Gasteiger partial charge in [-0.25, -0.2) is 0 Å². The zero-order chi connectivity index (χ0) is 16.4. The number of benzene rings is 1. The molecule has 0 radical (unpaired) electrons. The van der Waals surface area contributed by atoms with Crippen molar-refractivity contribution >= 4 is 29.9 Å². The van der Waals surface area contributed by atoms with Gasteiger partial charge in [0.05, 0.1) is 5.41 Å². The van der Waals surface area contributed by atoms with Crippen molar-refractivity contribution in [3.8, 4) is 0 Å². The van der Waals surface area contributed by atoms with E-state index in [-0.39, 0.29) is 29.6 Å². The van der Waals surface area contributed by atoms with Crippen LogP contribution >= 0.6 is 12.4 Å². The van der Waals surface area contributed by atoms with Gasteiger partial charge in [-0.1, -0.05) is 12.8 Å². The van der Waals surface area contributed by atoms with E-state index in [2.05, 4.69) is 10.6 Å². The topological polar surface area (TPSA) is 61.4 Å². The number of anilines is 1. The van der Waals surface area contributed by atoms with E-state index in [9.17, 15) is 9.59 Å². The minimum Gasteiger partial charge on any atom is -0.345 e. The number of carbonyl (C=O) groups excluding carboxylic acids is 2. The van der Waals surface area contributed by atoms with Gasteiger partial charge in [-0.2, -0.15) is 0 Å². The van der Waals surface area contributed by atoms with E-state index in [1.807, 2.05) is 12.1 Å². The molecule has 24 heavy (non-hydrogen) atoms. The fourth-order valence-electron chi connectivity index (χ4n) is 3.90. The number of nitrogens with one attached hydrogen (secondary N) is 2. The van der Waals surface area contributed by atoms with E-state index in [1.54, 1.807) is 31.1 Å². The van der Waals surface area contributed by atoms with Gasteiger partial charge in [-0.3, -0.25) is 9.59 Å². The van der Waals surface area contributed by atoms with Crippen LogP contribution in [0.15, 0.2) is 24.3 Å². The highest BCUT2D eigenvalue weighted by atomic mass is 35.5. The molecule has 1 saturated heterocycles. The summed E-state index contributed by atoms with van der Waals surface area (Å²) in [5, 5.41) is 6.46. The highest BCUT2D eigenvalue weighted by Crippen LogP contribution is 2.44. The molecule has 2 aliphatic rings. The standard InChI is InChI=1S/C18H25N3O2.ClH/c1-21(2)16(22)13-6-8-15(9-7-13)20-17(23)18-10-4-3-5-14(18)11-19-12-18;/h6-9,14,19H,3-5,10-12H2,1-2H3,(H,20,23);1H/t14-,18+;/m0./s1. The van der Waals surface area contributed by atoms with Crippen LogP contribution in [0.4, 0.5) is 5.69 Å². The number of carbonyl (C=O) groups is 2. The van der Waals surface area contributed by atoms with Crippen molar-refractivity contribution in [3.63, 3.8) is 0 Å². The third-order valence-electron chi connectivity index (χ3n) is 5.29. The maximum absolute atomic E-state index is 12.9. The average molecular weight is 352 g/mol. The van der Waals surface area contributed by atoms with Crippen molar-refractivity contribution in [1.82, 2.24) is 10.2 Å². The molecule has 1 saturated carbocycles. The monoisotopic (exact) mass is 351 g/mol. The fraction of sp³-hybridized carbons (Fsp3) is 0.556. The Hall–Kier alpha value is -1.59. The fourth-order valence-corrected chi connectivity index (χ4v) is 3.90. The molecular formula is C18H26ClN3O2. The summed E-state index contributed by atoms with van der Waals surface area (Å²) in [5.41, 5.74) is 1.14. The minimum absolute atomic E-state index is 0. The van der Waals surface area contributed by atoms with Crippen LogP contribution in [0.25, 0.3) is 0 Å². The molecule has 0 spiro atoms. The highest BCUT2D eigenvalue weighted by Gasteiger charge is 2.49. The maximum atomic E-state index is 12.9. The lowest BCUT2D eigenvalue weighted by atomic mass is 9.67. The molecule has 1 aromatic rings. The lowest BCUT2D eigenvalue weighted by Gasteiger charge is -2.37. The van der Waals surface area contributed by atoms with E-state index >= 15 is 0 Å². The largest absolute Gasteiger partial charge is 0.345 e. The minimum atomic E-state index is -0.254. The van der Waals surface area contributed by atoms with Crippen LogP contribution < -0.4 is 10.6 Å². The van der Waals surface area contributed by atoms with E-state index in [4.69, 9.17) is 0 Å². The SMILES string of the molecule is CN(C)C(=O)c1ccc(NC(=O)[C@@]23CCCC[C@H]2CNC3)cc1.Cl. The summed E-state index contributed by atoms with van der Waals surface area (Å²) >= 11 is 0. The lowest BCUT2D eigenvalue weighted by molar-refractivity contribution is -0.128. The summed E-state index contributed by atoms with van der Waals surface area (Å²) in [5.74, 6) is 0.540. The second-order valence-electron chi connectivity index (χ2n) is 6.96. The van der Waals surface area contributed by atoms with Crippen LogP contribution in [-0.2, 0) is 4.79 Å². The molecule has 2 amide bonds. The van der Waals surface area contributed by atoms with E-state index < -0.39 is 0 Å². The Bertz CT molecular complexity index is 603. The van der Waals surface area contributed by atoms with E-state index in [0.29, 0.717) is 11.5 Å². The molecule has 132 valence electrons. The molecule has 1 aromatic carbocycles. The molecule has 2 atom stereocenters. The third-order valence-corrected chi connectivity index (χ3v) is 5.29. The molecule has 0 aromatic heterocycles. The average Bonchev–Trinajstić information content (AvgIpc) is 3.00. The normalized spacial score (nSPS) is 25.3. The molecule has 2 N–H and O–H groups in total. The summed E-state index contributed by atoms with van der Waals surface area (Å²) < 4.78 is 0. The quantitative estimate of drug-likeness (QED) is 0.879. The van der Waals surface area contributed by atoms with Gasteiger partial charge in [-0.05, 0) is 49.6 Å². The van der Waals surface area contributed by atoms with Gasteiger partial charge in [0.15, 0.2) is 0 Å². The smallest absolute Gasteiger partial charge is 0.253 e. The first-order valence-corrected chi connectivity index (χ1v) is 8.37. The van der Waals surface area contributed by atoms with E-state index in [0.717, 1.165) is 38.0 Å². The molecule has 1 heterocycles. The van der Waals surface area contributed by atoms with Gasteiger partial charge in [0, 0.05) is 31.9 Å². The highest BCUT2D eigenvalue weighted by molar-refractivity contribution is 5.97. The van der Waals surface area contributed by atoms with Crippen LogP contribution in [0, 0.1) is 11.3 Å². The van der Waals surface area contributed by atoms with Gasteiger partial charge >= 0.3 is 0 Å². The first kappa shape index (κ1) is 18.7. The molecule has 0 unspecified atom stereocenters. The molecule has 2 fully saturated rings. The van der Waals surface area contributed by atoms with Crippen LogP contribution in [0.3, 0.4) is 0 Å². The van der Waals surface area contributed by atoms with Gasteiger partial charge in [0.2, 0.25) is 5.91 Å². The predicted molar refractivity (Wildman–Crippen MR) is 97.6 cm³/mol. The first-order chi connectivity index (χ1) is 11.0. The summed E-state index contributed by atoms with van der Waals surface area (Å²) in [6.07, 6.45) is 4.45. The molecule has 6 heteroatoms. The zero-order valence-electron chi connectivity index (χ0n) is 14.3. The summed E-state index contributed by atoms with van der Waals surface area (Å²) in [6, 6.07) is 7.15. The maximum Gasteiger partial charge on any atom is 0.253 e. The van der Waals surface area contributed by atoms with Gasteiger partial charge in [-0.15, -0.1) is 12.4 Å². The van der Waals surface area contributed by atoms with Gasteiger partial charge in [0.25, 0.3) is 5.91 Å². The first-order valence-electron chi connectivity index (χ1n) is 8.37. The van der Waals surface area contributed by atoms with Crippen molar-refractivity contribution in [1.29, 1.82) is 0 Å². The number of hydrogen-bond acceptors (Lipinski definition) is 3. The van der Waals surface area contributed by atoms with Crippen LogP contribution in [0.5, 0.6) is 0 Å².